The lowest BCUT2D eigenvalue weighted by atomic mass is 10.1. The Kier molecular flexibility index (Phi) is 5.75. The normalized spacial score (nSPS) is 10.6. The molecule has 0 saturated carbocycles. The van der Waals surface area contributed by atoms with E-state index in [0.29, 0.717) is 16.1 Å². The van der Waals surface area contributed by atoms with Gasteiger partial charge >= 0.3 is 5.97 Å². The Morgan fingerprint density at radius 2 is 1.96 bits per heavy atom. The number of hydrogen-bond acceptors (Lipinski definition) is 5. The topological polar surface area (TPSA) is 81.4 Å². The zero-order valence-corrected chi connectivity index (χ0v) is 15.8. The van der Waals surface area contributed by atoms with Gasteiger partial charge in [-0.15, -0.1) is 0 Å². The Labute approximate surface area is 165 Å². The molecule has 0 radical (unpaired) electrons. The van der Waals surface area contributed by atoms with Crippen LogP contribution < -0.4 is 5.32 Å². The number of aryl methyl sites for hydroxylation is 2. The van der Waals surface area contributed by atoms with Crippen LogP contribution in [0.25, 0.3) is 11.3 Å². The fraction of sp³-hybridized carbons (Fsp3) is 0.150. The molecule has 0 saturated heterocycles. The van der Waals surface area contributed by atoms with Crippen molar-refractivity contribution in [2.75, 3.05) is 11.9 Å². The summed E-state index contributed by atoms with van der Waals surface area (Å²) in [4.78, 5) is 24.5. The van der Waals surface area contributed by atoms with Crippen LogP contribution in [-0.4, -0.2) is 23.6 Å². The van der Waals surface area contributed by atoms with Gasteiger partial charge in [-0.05, 0) is 37.6 Å². The van der Waals surface area contributed by atoms with Gasteiger partial charge in [0.05, 0.1) is 5.02 Å². The number of benzene rings is 2. The van der Waals surface area contributed by atoms with Crippen molar-refractivity contribution in [2.45, 2.75) is 13.8 Å². The van der Waals surface area contributed by atoms with Gasteiger partial charge in [-0.3, -0.25) is 4.79 Å². The van der Waals surface area contributed by atoms with Crippen molar-refractivity contribution in [2.24, 2.45) is 0 Å². The zero-order valence-electron chi connectivity index (χ0n) is 15.1. The van der Waals surface area contributed by atoms with Gasteiger partial charge in [0, 0.05) is 11.3 Å². The molecule has 0 atom stereocenters. The van der Waals surface area contributed by atoms with E-state index in [1.807, 2.05) is 0 Å². The second-order valence-electron chi connectivity index (χ2n) is 6.03. The van der Waals surface area contributed by atoms with E-state index in [2.05, 4.69) is 10.5 Å². The Hall–Kier alpha value is -3.19. The molecule has 1 heterocycles. The summed E-state index contributed by atoms with van der Waals surface area (Å²) in [5.74, 6) is -1.59. The number of nitrogens with one attached hydrogen (secondary N) is 1. The van der Waals surface area contributed by atoms with E-state index in [1.54, 1.807) is 44.2 Å². The number of ether oxygens (including phenoxy) is 1. The molecule has 3 aromatic rings. The lowest BCUT2D eigenvalue weighted by Crippen LogP contribution is -2.21. The minimum absolute atomic E-state index is 0.0854. The number of hydrogen-bond donors (Lipinski definition) is 1. The lowest BCUT2D eigenvalue weighted by Gasteiger charge is -2.08. The third-order valence-corrected chi connectivity index (χ3v) is 4.32. The minimum atomic E-state index is -0.779. The Morgan fingerprint density at radius 3 is 2.68 bits per heavy atom. The van der Waals surface area contributed by atoms with Gasteiger partial charge in [0.2, 0.25) is 0 Å². The van der Waals surface area contributed by atoms with Gasteiger partial charge in [-0.2, -0.15) is 0 Å². The quantitative estimate of drug-likeness (QED) is 0.633. The first-order valence-corrected chi connectivity index (χ1v) is 8.69. The first-order chi connectivity index (χ1) is 13.4. The summed E-state index contributed by atoms with van der Waals surface area (Å²) in [5.41, 5.74) is 1.55. The van der Waals surface area contributed by atoms with E-state index in [1.165, 1.54) is 12.1 Å². The van der Waals surface area contributed by atoms with Gasteiger partial charge in [0.15, 0.2) is 6.61 Å². The number of nitrogens with zero attached hydrogens (tertiary/aromatic N) is 1. The molecule has 28 heavy (non-hydrogen) atoms. The summed E-state index contributed by atoms with van der Waals surface area (Å²) in [6.45, 7) is 2.61. The molecular weight excluding hydrogens is 387 g/mol. The first-order valence-electron chi connectivity index (χ1n) is 8.31. The molecule has 2 aromatic carbocycles. The maximum absolute atomic E-state index is 13.5. The highest BCUT2D eigenvalue weighted by atomic mass is 35.5. The monoisotopic (exact) mass is 402 g/mol. The lowest BCUT2D eigenvalue weighted by molar-refractivity contribution is -0.119. The highest BCUT2D eigenvalue weighted by molar-refractivity contribution is 6.33. The summed E-state index contributed by atoms with van der Waals surface area (Å²) in [6, 6.07) is 11.1. The van der Waals surface area contributed by atoms with Crippen molar-refractivity contribution < 1.29 is 23.2 Å². The van der Waals surface area contributed by atoms with Crippen LogP contribution in [0.2, 0.25) is 5.02 Å². The van der Waals surface area contributed by atoms with Crippen LogP contribution in [0.3, 0.4) is 0 Å². The number of esters is 1. The largest absolute Gasteiger partial charge is 0.452 e. The number of carbonyl (C=O) groups is 2. The number of aromatic nitrogens is 1. The van der Waals surface area contributed by atoms with E-state index in [-0.39, 0.29) is 22.7 Å². The zero-order chi connectivity index (χ0) is 20.3. The maximum atomic E-state index is 13.5. The molecular formula is C20H16ClFN2O4. The SMILES string of the molecule is Cc1ccc(NC(=O)COC(=O)c2c(-c3ccccc3Cl)noc2C)cc1F. The molecule has 0 aliphatic heterocycles. The average molecular weight is 403 g/mol. The number of halogens is 2. The van der Waals surface area contributed by atoms with Gasteiger partial charge in [0.1, 0.15) is 22.8 Å². The van der Waals surface area contributed by atoms with Crippen LogP contribution >= 0.6 is 11.6 Å². The molecule has 0 fully saturated rings. The number of carbonyl (C=O) groups excluding carboxylic acids is 2. The standard InChI is InChI=1S/C20H16ClFN2O4/c1-11-7-8-13(9-16(11)22)23-17(25)10-27-20(26)18-12(2)28-24-19(18)14-5-3-4-6-15(14)21/h3-9H,10H2,1-2H3,(H,23,25). The Bertz CT molecular complexity index is 1050. The maximum Gasteiger partial charge on any atom is 0.344 e. The highest BCUT2D eigenvalue weighted by Gasteiger charge is 2.24. The molecule has 144 valence electrons. The predicted molar refractivity (Wildman–Crippen MR) is 102 cm³/mol. The molecule has 1 aromatic heterocycles. The molecule has 1 amide bonds. The molecule has 3 rings (SSSR count). The third kappa shape index (κ3) is 4.20. The molecule has 1 N–H and O–H groups in total. The van der Waals surface area contributed by atoms with E-state index >= 15 is 0 Å². The van der Waals surface area contributed by atoms with E-state index in [4.69, 9.17) is 20.9 Å². The van der Waals surface area contributed by atoms with Crippen LogP contribution in [0.1, 0.15) is 21.7 Å². The van der Waals surface area contributed by atoms with Crippen molar-refractivity contribution in [3.63, 3.8) is 0 Å². The summed E-state index contributed by atoms with van der Waals surface area (Å²) < 4.78 is 23.7. The molecule has 0 unspecified atom stereocenters. The van der Waals surface area contributed by atoms with Crippen molar-refractivity contribution in [1.29, 1.82) is 0 Å². The molecule has 0 spiro atoms. The molecule has 0 aliphatic rings. The van der Waals surface area contributed by atoms with E-state index in [0.717, 1.165) is 0 Å². The van der Waals surface area contributed by atoms with Gasteiger partial charge < -0.3 is 14.6 Å². The van der Waals surface area contributed by atoms with E-state index < -0.39 is 24.3 Å². The molecule has 8 heteroatoms. The van der Waals surface area contributed by atoms with Crippen LogP contribution in [-0.2, 0) is 9.53 Å². The third-order valence-electron chi connectivity index (χ3n) is 3.99. The highest BCUT2D eigenvalue weighted by Crippen LogP contribution is 2.31. The van der Waals surface area contributed by atoms with Crippen molar-refractivity contribution >= 4 is 29.2 Å². The number of amides is 1. The minimum Gasteiger partial charge on any atom is -0.452 e. The van der Waals surface area contributed by atoms with Crippen LogP contribution in [0, 0.1) is 19.7 Å². The average Bonchev–Trinajstić information content (AvgIpc) is 3.04. The van der Waals surface area contributed by atoms with Crippen molar-refractivity contribution in [1.82, 2.24) is 5.16 Å². The molecule has 0 aliphatic carbocycles. The molecule has 0 bridgehead atoms. The smallest absolute Gasteiger partial charge is 0.344 e. The Balaban J connectivity index is 1.70. The summed E-state index contributed by atoms with van der Waals surface area (Å²) in [5, 5.41) is 6.74. The fourth-order valence-electron chi connectivity index (χ4n) is 2.52. The summed E-state index contributed by atoms with van der Waals surface area (Å²) in [7, 11) is 0. The van der Waals surface area contributed by atoms with E-state index in [9.17, 15) is 14.0 Å². The Morgan fingerprint density at radius 1 is 1.21 bits per heavy atom. The predicted octanol–water partition coefficient (Wildman–Crippen LogP) is 4.55. The second kappa shape index (κ2) is 8.22. The van der Waals surface area contributed by atoms with Crippen molar-refractivity contribution in [3.05, 3.63) is 70.2 Å². The van der Waals surface area contributed by atoms with Gasteiger partial charge in [-0.1, -0.05) is 41.0 Å². The van der Waals surface area contributed by atoms with Crippen LogP contribution in [0.15, 0.2) is 47.0 Å². The first kappa shape index (κ1) is 19.6. The van der Waals surface area contributed by atoms with Crippen LogP contribution in [0.4, 0.5) is 10.1 Å². The number of rotatable bonds is 5. The second-order valence-corrected chi connectivity index (χ2v) is 6.44. The van der Waals surface area contributed by atoms with Crippen molar-refractivity contribution in [3.8, 4) is 11.3 Å². The van der Waals surface area contributed by atoms with Gasteiger partial charge in [0.25, 0.3) is 5.91 Å². The number of anilines is 1. The summed E-state index contributed by atoms with van der Waals surface area (Å²) >= 11 is 6.16. The summed E-state index contributed by atoms with van der Waals surface area (Å²) in [6.07, 6.45) is 0. The van der Waals surface area contributed by atoms with Gasteiger partial charge in [-0.25, -0.2) is 9.18 Å². The van der Waals surface area contributed by atoms with Crippen LogP contribution in [0.5, 0.6) is 0 Å². The fourth-order valence-corrected chi connectivity index (χ4v) is 2.75. The molecule has 6 nitrogen and oxygen atoms in total.